The first kappa shape index (κ1) is 21.0. The summed E-state index contributed by atoms with van der Waals surface area (Å²) in [6.07, 6.45) is 4.19. The molecule has 2 N–H and O–H groups in total. The minimum absolute atomic E-state index is 0.184. The van der Waals surface area contributed by atoms with Gasteiger partial charge in [-0.15, -0.1) is 0 Å². The second-order valence-corrected chi connectivity index (χ2v) is 9.84. The van der Waals surface area contributed by atoms with Crippen molar-refractivity contribution in [1.29, 1.82) is 0 Å². The lowest BCUT2D eigenvalue weighted by Crippen LogP contribution is -2.45. The van der Waals surface area contributed by atoms with Gasteiger partial charge in [0.2, 0.25) is 0 Å². The topological polar surface area (TPSA) is 58.9 Å². The molecule has 6 atom stereocenters. The molecule has 2 saturated carbocycles. The summed E-state index contributed by atoms with van der Waals surface area (Å²) >= 11 is 0. The molecule has 2 aromatic rings. The smallest absolute Gasteiger partial charge is 0.119 e. The van der Waals surface area contributed by atoms with Gasteiger partial charge in [0.05, 0.1) is 24.4 Å². The lowest BCUT2D eigenvalue weighted by molar-refractivity contribution is -0.170. The molecular weight excluding hydrogens is 388 g/mol. The first-order valence-electron chi connectivity index (χ1n) is 11.9. The minimum Gasteiger partial charge on any atom is -0.490 e. The standard InChI is InChI=1S/C27H34O4/c1-3-25-27(29)24(28)15-26(31-25)18-7-4-16(2)19(11-18)10-17-5-8-22(9-6-17)30-23-13-20-12-21(20)14-23/h4-9,11,20-21,23-29H,3,10,12-15H2,1-2H3/t20?,21?,23?,24?,25?,26-,27-/m0/s1. The van der Waals surface area contributed by atoms with Gasteiger partial charge in [-0.2, -0.15) is 0 Å². The van der Waals surface area contributed by atoms with E-state index in [0.29, 0.717) is 18.9 Å². The fourth-order valence-electron chi connectivity index (χ4n) is 5.44. The van der Waals surface area contributed by atoms with Gasteiger partial charge in [-0.3, -0.25) is 0 Å². The zero-order chi connectivity index (χ0) is 21.5. The normalized spacial score (nSPS) is 34.4. The Morgan fingerprint density at radius 3 is 2.42 bits per heavy atom. The molecule has 1 saturated heterocycles. The van der Waals surface area contributed by atoms with Crippen LogP contribution < -0.4 is 4.74 Å². The Morgan fingerprint density at radius 2 is 1.71 bits per heavy atom. The average Bonchev–Trinajstić information content (AvgIpc) is 3.38. The average molecular weight is 423 g/mol. The van der Waals surface area contributed by atoms with E-state index >= 15 is 0 Å². The highest BCUT2D eigenvalue weighted by Gasteiger charge is 2.46. The molecule has 0 radical (unpaired) electrons. The van der Waals surface area contributed by atoms with Gasteiger partial charge in [0.15, 0.2) is 0 Å². The molecule has 166 valence electrons. The van der Waals surface area contributed by atoms with E-state index < -0.39 is 12.2 Å². The molecule has 4 heteroatoms. The highest BCUT2D eigenvalue weighted by atomic mass is 16.5. The van der Waals surface area contributed by atoms with Crippen LogP contribution in [0.15, 0.2) is 42.5 Å². The van der Waals surface area contributed by atoms with Gasteiger partial charge in [-0.05, 0) is 85.3 Å². The first-order chi connectivity index (χ1) is 15.0. The summed E-state index contributed by atoms with van der Waals surface area (Å²) in [5.74, 6) is 2.85. The predicted molar refractivity (Wildman–Crippen MR) is 120 cm³/mol. The van der Waals surface area contributed by atoms with E-state index in [0.717, 1.165) is 29.6 Å². The molecule has 1 heterocycles. The maximum Gasteiger partial charge on any atom is 0.119 e. The SMILES string of the molecule is CCC1O[C@H](c2ccc(C)c(Cc3ccc(OC4CC5CC5C4)cc3)c2)CC(O)[C@@H]1O. The highest BCUT2D eigenvalue weighted by molar-refractivity contribution is 5.38. The van der Waals surface area contributed by atoms with E-state index in [2.05, 4.69) is 49.4 Å². The number of ether oxygens (including phenoxy) is 2. The van der Waals surface area contributed by atoms with Crippen LogP contribution in [0.5, 0.6) is 5.75 Å². The van der Waals surface area contributed by atoms with E-state index in [1.165, 1.54) is 36.0 Å². The van der Waals surface area contributed by atoms with Gasteiger partial charge in [0.25, 0.3) is 0 Å². The van der Waals surface area contributed by atoms with E-state index in [1.807, 2.05) is 6.92 Å². The fraction of sp³-hybridized carbons (Fsp3) is 0.556. The molecule has 5 rings (SSSR count). The van der Waals surface area contributed by atoms with Crippen molar-refractivity contribution in [3.63, 3.8) is 0 Å². The van der Waals surface area contributed by atoms with Gasteiger partial charge in [-0.1, -0.05) is 37.3 Å². The molecule has 0 aromatic heterocycles. The van der Waals surface area contributed by atoms with Crippen molar-refractivity contribution in [2.45, 2.75) is 82.9 Å². The second kappa shape index (κ2) is 8.57. The van der Waals surface area contributed by atoms with Crippen LogP contribution in [-0.4, -0.2) is 34.6 Å². The van der Waals surface area contributed by atoms with E-state index in [1.54, 1.807) is 0 Å². The number of rotatable bonds is 6. The number of aliphatic hydroxyl groups is 2. The molecule has 3 fully saturated rings. The van der Waals surface area contributed by atoms with Crippen LogP contribution in [0.25, 0.3) is 0 Å². The summed E-state index contributed by atoms with van der Waals surface area (Å²) in [7, 11) is 0. The number of hydrogen-bond donors (Lipinski definition) is 2. The van der Waals surface area contributed by atoms with Gasteiger partial charge in [-0.25, -0.2) is 0 Å². The highest BCUT2D eigenvalue weighted by Crippen LogP contribution is 2.52. The van der Waals surface area contributed by atoms with Gasteiger partial charge in [0, 0.05) is 6.42 Å². The van der Waals surface area contributed by atoms with Gasteiger partial charge in [0.1, 0.15) is 11.9 Å². The Bertz CT molecular complexity index is 898. The van der Waals surface area contributed by atoms with Gasteiger partial charge < -0.3 is 19.7 Å². The minimum atomic E-state index is -0.804. The number of aliphatic hydroxyl groups excluding tert-OH is 2. The third kappa shape index (κ3) is 4.52. The quantitative estimate of drug-likeness (QED) is 0.707. The molecule has 3 aliphatic rings. The predicted octanol–water partition coefficient (Wildman–Crippen LogP) is 4.72. The maximum atomic E-state index is 10.3. The van der Waals surface area contributed by atoms with Crippen LogP contribution in [0.3, 0.4) is 0 Å². The van der Waals surface area contributed by atoms with Gasteiger partial charge >= 0.3 is 0 Å². The third-order valence-corrected chi connectivity index (χ3v) is 7.54. The molecule has 31 heavy (non-hydrogen) atoms. The molecule has 4 unspecified atom stereocenters. The summed E-state index contributed by atoms with van der Waals surface area (Å²) in [5, 5.41) is 20.4. The molecule has 4 nitrogen and oxygen atoms in total. The van der Waals surface area contributed by atoms with Crippen molar-refractivity contribution in [2.24, 2.45) is 11.8 Å². The van der Waals surface area contributed by atoms with Crippen molar-refractivity contribution in [2.75, 3.05) is 0 Å². The zero-order valence-electron chi connectivity index (χ0n) is 18.5. The molecule has 2 aromatic carbocycles. The Kier molecular flexibility index (Phi) is 5.80. The summed E-state index contributed by atoms with van der Waals surface area (Å²) in [4.78, 5) is 0. The summed E-state index contributed by atoms with van der Waals surface area (Å²) in [6, 6.07) is 15.0. The monoisotopic (exact) mass is 422 g/mol. The van der Waals surface area contributed by atoms with E-state index in [-0.39, 0.29) is 12.2 Å². The number of aryl methyl sites for hydroxylation is 1. The molecule has 1 aliphatic heterocycles. The molecule has 0 bridgehead atoms. The van der Waals surface area contributed by atoms with Crippen LogP contribution in [-0.2, 0) is 11.2 Å². The lowest BCUT2D eigenvalue weighted by atomic mass is 9.90. The second-order valence-electron chi connectivity index (χ2n) is 9.84. The van der Waals surface area contributed by atoms with Crippen LogP contribution >= 0.6 is 0 Å². The zero-order valence-corrected chi connectivity index (χ0v) is 18.5. The van der Waals surface area contributed by atoms with Crippen molar-refractivity contribution >= 4 is 0 Å². The lowest BCUT2D eigenvalue weighted by Gasteiger charge is -2.37. The van der Waals surface area contributed by atoms with Crippen LogP contribution in [0.4, 0.5) is 0 Å². The summed E-state index contributed by atoms with van der Waals surface area (Å²) < 4.78 is 12.3. The molecule has 0 spiro atoms. The number of benzene rings is 2. The van der Waals surface area contributed by atoms with E-state index in [4.69, 9.17) is 9.47 Å². The number of fused-ring (bicyclic) bond motifs is 1. The summed E-state index contributed by atoms with van der Waals surface area (Å²) in [6.45, 7) is 4.11. The Balaban J connectivity index is 1.26. The van der Waals surface area contributed by atoms with Crippen LogP contribution in [0.2, 0.25) is 0 Å². The van der Waals surface area contributed by atoms with Crippen molar-refractivity contribution < 1.29 is 19.7 Å². The van der Waals surface area contributed by atoms with E-state index in [9.17, 15) is 10.2 Å². The first-order valence-corrected chi connectivity index (χ1v) is 11.9. The fourth-order valence-corrected chi connectivity index (χ4v) is 5.44. The van der Waals surface area contributed by atoms with Crippen molar-refractivity contribution in [1.82, 2.24) is 0 Å². The maximum absolute atomic E-state index is 10.3. The largest absolute Gasteiger partial charge is 0.490 e. The van der Waals surface area contributed by atoms with Crippen LogP contribution in [0.1, 0.15) is 67.4 Å². The molecule has 0 amide bonds. The van der Waals surface area contributed by atoms with Crippen LogP contribution in [0, 0.1) is 18.8 Å². The Morgan fingerprint density at radius 1 is 0.968 bits per heavy atom. The molecular formula is C27H34O4. The Labute approximate surface area is 185 Å². The third-order valence-electron chi connectivity index (χ3n) is 7.54. The summed E-state index contributed by atoms with van der Waals surface area (Å²) in [5.41, 5.74) is 4.84. The van der Waals surface area contributed by atoms with Crippen molar-refractivity contribution in [3.8, 4) is 5.75 Å². The number of hydrogen-bond acceptors (Lipinski definition) is 4. The van der Waals surface area contributed by atoms with Crippen molar-refractivity contribution in [3.05, 3.63) is 64.7 Å². The molecule has 2 aliphatic carbocycles. The Hall–Kier alpha value is -1.88.